The Hall–Kier alpha value is -2.65. The van der Waals surface area contributed by atoms with Crippen molar-refractivity contribution in [2.45, 2.75) is 64.8 Å². The molecule has 5 atom stereocenters. The first kappa shape index (κ1) is 20.4. The number of nitrogens with one attached hydrogen (secondary N) is 5. The Morgan fingerprint density at radius 3 is 0.640 bits per heavy atom. The van der Waals surface area contributed by atoms with E-state index in [0.29, 0.717) is 0 Å². The predicted molar refractivity (Wildman–Crippen MR) is 88.0 cm³/mol. The van der Waals surface area contributed by atoms with Crippen molar-refractivity contribution in [2.75, 3.05) is 0 Å². The second-order valence-corrected chi connectivity index (χ2v) is 6.15. The largest absolute Gasteiger partial charge is 0.343 e. The summed E-state index contributed by atoms with van der Waals surface area (Å²) in [5, 5.41) is 12.3. The van der Waals surface area contributed by atoms with Crippen LogP contribution in [0.25, 0.3) is 0 Å². The van der Waals surface area contributed by atoms with Gasteiger partial charge in [-0.1, -0.05) is 0 Å². The topological polar surface area (TPSA) is 146 Å². The van der Waals surface area contributed by atoms with Gasteiger partial charge in [0, 0.05) is 0 Å². The van der Waals surface area contributed by atoms with Crippen molar-refractivity contribution < 1.29 is 24.0 Å². The number of hydrogen-bond acceptors (Lipinski definition) is 5. The minimum atomic E-state index is -0.901. The number of hydrogen-bond donors (Lipinski definition) is 5. The molecule has 140 valence electrons. The number of amides is 5. The molecular weight excluding hydrogens is 330 g/mol. The third-order valence-electron chi connectivity index (χ3n) is 3.76. The van der Waals surface area contributed by atoms with Gasteiger partial charge in [0.05, 0.1) is 0 Å². The van der Waals surface area contributed by atoms with E-state index in [0.717, 1.165) is 0 Å². The molecule has 0 radical (unpaired) electrons. The third-order valence-corrected chi connectivity index (χ3v) is 3.76. The Morgan fingerprint density at radius 2 is 0.520 bits per heavy atom. The smallest absolute Gasteiger partial charge is 0.242 e. The van der Waals surface area contributed by atoms with Crippen LogP contribution in [-0.4, -0.2) is 59.7 Å². The van der Waals surface area contributed by atoms with Crippen molar-refractivity contribution >= 4 is 29.5 Å². The molecule has 1 aliphatic rings. The normalized spacial score (nSPS) is 33.0. The first-order valence-electron chi connectivity index (χ1n) is 8.04. The molecule has 0 aromatic carbocycles. The average molecular weight is 355 g/mol. The molecule has 0 unspecified atom stereocenters. The summed E-state index contributed by atoms with van der Waals surface area (Å²) >= 11 is 0. The van der Waals surface area contributed by atoms with Gasteiger partial charge in [0.15, 0.2) is 0 Å². The summed E-state index contributed by atoms with van der Waals surface area (Å²) in [5.74, 6) is -2.80. The van der Waals surface area contributed by atoms with E-state index >= 15 is 0 Å². The lowest BCUT2D eigenvalue weighted by molar-refractivity contribution is -0.133. The second kappa shape index (κ2) is 8.45. The Morgan fingerprint density at radius 1 is 0.400 bits per heavy atom. The van der Waals surface area contributed by atoms with Crippen molar-refractivity contribution in [2.24, 2.45) is 0 Å². The predicted octanol–water partition coefficient (Wildman–Crippen LogP) is -2.48. The summed E-state index contributed by atoms with van der Waals surface area (Å²) in [6.07, 6.45) is 0. The van der Waals surface area contributed by atoms with Gasteiger partial charge in [-0.05, 0) is 34.6 Å². The first-order valence-corrected chi connectivity index (χ1v) is 8.04. The van der Waals surface area contributed by atoms with Crippen molar-refractivity contribution in [1.29, 1.82) is 0 Å². The average Bonchev–Trinajstić information content (AvgIpc) is 2.53. The highest BCUT2D eigenvalue weighted by molar-refractivity contribution is 5.97. The molecule has 0 aliphatic carbocycles. The lowest BCUT2D eigenvalue weighted by atomic mass is 10.2. The molecule has 10 heteroatoms. The number of carbonyl (C=O) groups is 5. The van der Waals surface area contributed by atoms with Crippen LogP contribution in [0.5, 0.6) is 0 Å². The summed E-state index contributed by atoms with van der Waals surface area (Å²) < 4.78 is 0. The molecule has 1 heterocycles. The minimum Gasteiger partial charge on any atom is -0.343 e. The molecule has 1 fully saturated rings. The Balaban J connectivity index is 3.01. The van der Waals surface area contributed by atoms with E-state index in [1.54, 1.807) is 0 Å². The van der Waals surface area contributed by atoms with Gasteiger partial charge in [-0.25, -0.2) is 0 Å². The number of carbonyl (C=O) groups excluding carboxylic acids is 5. The Bertz CT molecular complexity index is 463. The summed E-state index contributed by atoms with van der Waals surface area (Å²) in [5.41, 5.74) is 0. The fourth-order valence-corrected chi connectivity index (χ4v) is 2.02. The zero-order chi connectivity index (χ0) is 19.3. The molecule has 1 aliphatic heterocycles. The van der Waals surface area contributed by atoms with E-state index in [2.05, 4.69) is 26.6 Å². The lowest BCUT2D eigenvalue weighted by Crippen LogP contribution is -2.55. The van der Waals surface area contributed by atoms with E-state index in [4.69, 9.17) is 0 Å². The lowest BCUT2D eigenvalue weighted by Gasteiger charge is -2.20. The van der Waals surface area contributed by atoms with E-state index in [9.17, 15) is 24.0 Å². The van der Waals surface area contributed by atoms with Crippen LogP contribution in [0, 0.1) is 0 Å². The van der Waals surface area contributed by atoms with Crippen molar-refractivity contribution in [1.82, 2.24) is 26.6 Å². The molecular formula is C15H25N5O5. The molecule has 1 rings (SSSR count). The molecule has 0 saturated carbocycles. The van der Waals surface area contributed by atoms with Crippen LogP contribution in [0.15, 0.2) is 0 Å². The van der Waals surface area contributed by atoms with E-state index in [1.165, 1.54) is 34.6 Å². The van der Waals surface area contributed by atoms with Gasteiger partial charge < -0.3 is 26.6 Å². The van der Waals surface area contributed by atoms with Crippen LogP contribution in [0.3, 0.4) is 0 Å². The monoisotopic (exact) mass is 355 g/mol. The maximum absolute atomic E-state index is 12.0. The highest BCUT2D eigenvalue weighted by Gasteiger charge is 2.28. The van der Waals surface area contributed by atoms with Crippen molar-refractivity contribution in [3.63, 3.8) is 0 Å². The molecule has 5 N–H and O–H groups in total. The van der Waals surface area contributed by atoms with Gasteiger partial charge in [0.2, 0.25) is 29.5 Å². The zero-order valence-corrected chi connectivity index (χ0v) is 14.9. The van der Waals surface area contributed by atoms with Crippen LogP contribution in [0.4, 0.5) is 0 Å². The Labute approximate surface area is 145 Å². The molecule has 1 saturated heterocycles. The van der Waals surface area contributed by atoms with E-state index in [1.807, 2.05) is 0 Å². The van der Waals surface area contributed by atoms with Crippen molar-refractivity contribution in [3.8, 4) is 0 Å². The van der Waals surface area contributed by atoms with Crippen LogP contribution >= 0.6 is 0 Å². The van der Waals surface area contributed by atoms with Gasteiger partial charge in [0.25, 0.3) is 0 Å². The maximum Gasteiger partial charge on any atom is 0.242 e. The fraction of sp³-hybridized carbons (Fsp3) is 0.667. The SMILES string of the molecule is C[C@@H]1NC(=O)[C@H](C)NC(=O)[C@@H](C)NC(=O)[C@H](C)NC(=O)[C@@H](C)NC1=O. The van der Waals surface area contributed by atoms with E-state index < -0.39 is 59.7 Å². The summed E-state index contributed by atoms with van der Waals surface area (Å²) in [6.45, 7) is 7.30. The van der Waals surface area contributed by atoms with Gasteiger partial charge >= 0.3 is 0 Å². The second-order valence-electron chi connectivity index (χ2n) is 6.15. The fourth-order valence-electron chi connectivity index (χ4n) is 2.02. The van der Waals surface area contributed by atoms with Gasteiger partial charge in [-0.15, -0.1) is 0 Å². The van der Waals surface area contributed by atoms with Gasteiger partial charge in [-0.3, -0.25) is 24.0 Å². The molecule has 0 aromatic rings. The van der Waals surface area contributed by atoms with Crippen molar-refractivity contribution in [3.05, 3.63) is 0 Å². The molecule has 0 aromatic heterocycles. The van der Waals surface area contributed by atoms with Gasteiger partial charge in [0.1, 0.15) is 30.2 Å². The van der Waals surface area contributed by atoms with E-state index in [-0.39, 0.29) is 0 Å². The van der Waals surface area contributed by atoms with Crippen LogP contribution < -0.4 is 26.6 Å². The quantitative estimate of drug-likeness (QED) is 0.327. The molecule has 25 heavy (non-hydrogen) atoms. The minimum absolute atomic E-state index is 0.560. The van der Waals surface area contributed by atoms with Gasteiger partial charge in [-0.2, -0.15) is 0 Å². The molecule has 10 nitrogen and oxygen atoms in total. The summed E-state index contributed by atoms with van der Waals surface area (Å²) in [6, 6.07) is -4.51. The summed E-state index contributed by atoms with van der Waals surface area (Å²) in [7, 11) is 0. The van der Waals surface area contributed by atoms with Crippen LogP contribution in [0.2, 0.25) is 0 Å². The highest BCUT2D eigenvalue weighted by Crippen LogP contribution is 1.95. The summed E-state index contributed by atoms with van der Waals surface area (Å²) in [4.78, 5) is 60.2. The maximum atomic E-state index is 12.0. The molecule has 5 amide bonds. The standard InChI is InChI=1S/C15H25N5O5/c1-6-11(21)17-8(3)13(23)19-10(5)15(25)20-9(4)14(24)18-7(2)12(22)16-6/h6-10H,1-5H3,(H,16,22)(H,17,21)(H,18,24)(H,19,23)(H,20,25)/t6-,7-,8+,9+,10-/m0/s1. The Kier molecular flexibility index (Phi) is 6.89. The molecule has 0 bridgehead atoms. The van der Waals surface area contributed by atoms with Crippen LogP contribution in [0.1, 0.15) is 34.6 Å². The number of rotatable bonds is 0. The highest BCUT2D eigenvalue weighted by atomic mass is 16.2. The molecule has 0 spiro atoms. The third kappa shape index (κ3) is 5.73. The van der Waals surface area contributed by atoms with Crippen LogP contribution in [-0.2, 0) is 24.0 Å². The zero-order valence-electron chi connectivity index (χ0n) is 14.9. The first-order chi connectivity index (χ1) is 11.5.